The summed E-state index contributed by atoms with van der Waals surface area (Å²) in [6, 6.07) is 13.7. The van der Waals surface area contributed by atoms with Crippen LogP contribution in [0.25, 0.3) is 11.1 Å². The van der Waals surface area contributed by atoms with E-state index in [-0.39, 0.29) is 32.6 Å². The average Bonchev–Trinajstić information content (AvgIpc) is 2.91. The van der Waals surface area contributed by atoms with E-state index >= 15 is 0 Å². The molecule has 0 atom stereocenters. The summed E-state index contributed by atoms with van der Waals surface area (Å²) in [5, 5.41) is 2.77. The molecule has 1 heterocycles. The number of sulfonamides is 1. The van der Waals surface area contributed by atoms with Crippen LogP contribution in [0.1, 0.15) is 31.2 Å². The number of rotatable bonds is 6. The molecule has 9 nitrogen and oxygen atoms in total. The summed E-state index contributed by atoms with van der Waals surface area (Å²) in [6.45, 7) is -0.642. The molecule has 0 bridgehead atoms. The highest BCUT2D eigenvalue weighted by Gasteiger charge is 2.39. The number of nitrogens with zero attached hydrogens (tertiary/aromatic N) is 1. The van der Waals surface area contributed by atoms with Gasteiger partial charge in [0.05, 0.1) is 27.1 Å². The van der Waals surface area contributed by atoms with E-state index in [1.807, 2.05) is 0 Å². The second-order valence-electron chi connectivity index (χ2n) is 9.90. The molecule has 3 N–H and O–H groups in total. The van der Waals surface area contributed by atoms with E-state index in [1.54, 1.807) is 0 Å². The van der Waals surface area contributed by atoms with E-state index in [1.165, 1.54) is 48.5 Å². The van der Waals surface area contributed by atoms with Crippen molar-refractivity contribution in [2.45, 2.75) is 53.8 Å². The first-order valence-electron chi connectivity index (χ1n) is 12.7. The van der Waals surface area contributed by atoms with Crippen LogP contribution in [0.15, 0.2) is 76.5 Å². The quantitative estimate of drug-likeness (QED) is 0.314. The Morgan fingerprint density at radius 3 is 2.29 bits per heavy atom. The lowest BCUT2D eigenvalue weighted by Gasteiger charge is -2.33. The van der Waals surface area contributed by atoms with Crippen molar-refractivity contribution in [3.8, 4) is 11.1 Å². The number of fused-ring (bicyclic) bond motifs is 3. The van der Waals surface area contributed by atoms with Gasteiger partial charge in [0.15, 0.2) is 0 Å². The monoisotopic (exact) mass is 609 g/mol. The molecule has 14 heteroatoms. The third kappa shape index (κ3) is 5.90. The lowest BCUT2D eigenvalue weighted by Crippen LogP contribution is -2.46. The standard InChI is InChI=1S/C27H26F3N3O6S2/c28-27(29,30)17-5-14-24-23(15-17)22-3-1-2-4-25(22)40(35,36)33(24)16-26(34)32-19-8-10-20(11-9-19)39-41(37,38)21-12-6-18(31)7-13-21/h1-7,12-15,19-20H,8-11,16,31H2,(H,32,34)/t19-,20-. The van der Waals surface area contributed by atoms with Gasteiger partial charge >= 0.3 is 6.18 Å². The predicted octanol–water partition coefficient (Wildman–Crippen LogP) is 4.30. The molecular weight excluding hydrogens is 583 g/mol. The van der Waals surface area contributed by atoms with Crippen LogP contribution in [0.4, 0.5) is 24.5 Å². The Balaban J connectivity index is 1.27. The molecule has 2 aliphatic rings. The molecule has 0 unspecified atom stereocenters. The van der Waals surface area contributed by atoms with Crippen LogP contribution in [-0.2, 0) is 35.3 Å². The van der Waals surface area contributed by atoms with Crippen LogP contribution in [0, 0.1) is 0 Å². The first-order chi connectivity index (χ1) is 19.3. The van der Waals surface area contributed by atoms with Gasteiger partial charge in [-0.15, -0.1) is 0 Å². The summed E-state index contributed by atoms with van der Waals surface area (Å²) in [5.74, 6) is -0.641. The van der Waals surface area contributed by atoms with Crippen molar-refractivity contribution in [3.63, 3.8) is 0 Å². The lowest BCUT2D eigenvalue weighted by molar-refractivity contribution is -0.137. The number of nitrogens with one attached hydrogen (secondary N) is 1. The van der Waals surface area contributed by atoms with Gasteiger partial charge in [0, 0.05) is 22.9 Å². The highest BCUT2D eigenvalue weighted by atomic mass is 32.2. The molecule has 0 saturated heterocycles. The maximum atomic E-state index is 13.4. The Morgan fingerprint density at radius 2 is 1.63 bits per heavy atom. The van der Waals surface area contributed by atoms with Crippen molar-refractivity contribution < 1.29 is 39.0 Å². The zero-order chi connectivity index (χ0) is 29.6. The number of nitrogen functional groups attached to an aromatic ring is 1. The molecule has 1 fully saturated rings. The van der Waals surface area contributed by atoms with Crippen LogP contribution < -0.4 is 15.4 Å². The molecule has 41 heavy (non-hydrogen) atoms. The number of alkyl halides is 3. The maximum absolute atomic E-state index is 13.4. The summed E-state index contributed by atoms with van der Waals surface area (Å²) in [4.78, 5) is 12.8. The number of halogens is 3. The molecule has 0 aromatic heterocycles. The minimum absolute atomic E-state index is 0.0194. The fraction of sp³-hybridized carbons (Fsp3) is 0.296. The van der Waals surface area contributed by atoms with Crippen molar-refractivity contribution in [2.75, 3.05) is 16.6 Å². The molecule has 218 valence electrons. The highest BCUT2D eigenvalue weighted by Crippen LogP contribution is 2.45. The molecule has 3 aromatic rings. The largest absolute Gasteiger partial charge is 0.416 e. The Bertz CT molecular complexity index is 1690. The maximum Gasteiger partial charge on any atom is 0.416 e. The number of carbonyl (C=O) groups excluding carboxylic acids is 1. The summed E-state index contributed by atoms with van der Waals surface area (Å²) in [5.41, 5.74) is 5.22. The van der Waals surface area contributed by atoms with E-state index in [2.05, 4.69) is 5.32 Å². The van der Waals surface area contributed by atoms with Crippen LogP contribution >= 0.6 is 0 Å². The van der Waals surface area contributed by atoms with E-state index < -0.39 is 50.4 Å². The van der Waals surface area contributed by atoms with Crippen molar-refractivity contribution >= 4 is 37.4 Å². The molecule has 1 aliphatic heterocycles. The van der Waals surface area contributed by atoms with Crippen LogP contribution in [0.3, 0.4) is 0 Å². The van der Waals surface area contributed by atoms with Gasteiger partial charge in [0.2, 0.25) is 5.91 Å². The van der Waals surface area contributed by atoms with Crippen molar-refractivity contribution in [3.05, 3.63) is 72.3 Å². The van der Waals surface area contributed by atoms with Crippen LogP contribution in [0.5, 0.6) is 0 Å². The first kappa shape index (κ1) is 28.9. The van der Waals surface area contributed by atoms with Crippen LogP contribution in [-0.4, -0.2) is 41.4 Å². The SMILES string of the molecule is Nc1ccc(S(=O)(=O)O[C@H]2CC[C@H](NC(=O)CN3c4ccc(C(F)(F)F)cc4-c4ccccc4S3(=O)=O)CC2)cc1. The zero-order valence-electron chi connectivity index (χ0n) is 21.5. The summed E-state index contributed by atoms with van der Waals surface area (Å²) >= 11 is 0. The summed E-state index contributed by atoms with van der Waals surface area (Å²) in [7, 11) is -8.24. The van der Waals surface area contributed by atoms with Gasteiger partial charge < -0.3 is 11.1 Å². The van der Waals surface area contributed by atoms with E-state index in [0.717, 1.165) is 22.5 Å². The fourth-order valence-corrected chi connectivity index (χ4v) is 7.83. The van der Waals surface area contributed by atoms with Gasteiger partial charge in [-0.2, -0.15) is 21.6 Å². The Hall–Kier alpha value is -3.62. The van der Waals surface area contributed by atoms with E-state index in [4.69, 9.17) is 9.92 Å². The number of nitrogens with two attached hydrogens (primary N) is 1. The molecule has 1 aliphatic carbocycles. The third-order valence-electron chi connectivity index (χ3n) is 7.10. The van der Waals surface area contributed by atoms with Gasteiger partial charge in [-0.3, -0.25) is 13.3 Å². The van der Waals surface area contributed by atoms with Gasteiger partial charge in [0.25, 0.3) is 20.1 Å². The second kappa shape index (κ2) is 10.7. The van der Waals surface area contributed by atoms with Gasteiger partial charge in [-0.25, -0.2) is 8.42 Å². The Kier molecular flexibility index (Phi) is 7.51. The zero-order valence-corrected chi connectivity index (χ0v) is 23.1. The van der Waals surface area contributed by atoms with Gasteiger partial charge in [-0.05, 0) is 74.2 Å². The predicted molar refractivity (Wildman–Crippen MR) is 145 cm³/mol. The smallest absolute Gasteiger partial charge is 0.399 e. The minimum Gasteiger partial charge on any atom is -0.399 e. The number of hydrogen-bond donors (Lipinski definition) is 2. The normalized spacial score (nSPS) is 20.1. The third-order valence-corrected chi connectivity index (χ3v) is 10.3. The Labute approximate surface area is 235 Å². The Morgan fingerprint density at radius 1 is 0.976 bits per heavy atom. The average molecular weight is 610 g/mol. The number of benzene rings is 3. The number of amides is 1. The molecular formula is C27H26F3N3O6S2. The number of hydrogen-bond acceptors (Lipinski definition) is 7. The lowest BCUT2D eigenvalue weighted by atomic mass is 9.93. The summed E-state index contributed by atoms with van der Waals surface area (Å²) in [6.07, 6.45) is -3.81. The number of carbonyl (C=O) groups is 1. The molecule has 3 aromatic carbocycles. The molecule has 0 radical (unpaired) electrons. The van der Waals surface area contributed by atoms with Crippen LogP contribution in [0.2, 0.25) is 0 Å². The fourth-order valence-electron chi connectivity index (χ4n) is 5.05. The van der Waals surface area contributed by atoms with Crippen molar-refractivity contribution in [2.24, 2.45) is 0 Å². The highest BCUT2D eigenvalue weighted by molar-refractivity contribution is 7.93. The van der Waals surface area contributed by atoms with Crippen molar-refractivity contribution in [1.29, 1.82) is 0 Å². The van der Waals surface area contributed by atoms with Gasteiger partial charge in [-0.1, -0.05) is 18.2 Å². The van der Waals surface area contributed by atoms with Gasteiger partial charge in [0.1, 0.15) is 6.54 Å². The molecule has 1 amide bonds. The topological polar surface area (TPSA) is 136 Å². The molecule has 1 saturated carbocycles. The van der Waals surface area contributed by atoms with E-state index in [0.29, 0.717) is 31.4 Å². The first-order valence-corrected chi connectivity index (χ1v) is 15.5. The summed E-state index contributed by atoms with van der Waals surface area (Å²) < 4.78 is 98.5. The van der Waals surface area contributed by atoms with E-state index in [9.17, 15) is 34.8 Å². The minimum atomic E-state index is -4.64. The molecule has 5 rings (SSSR count). The number of anilines is 2. The second-order valence-corrected chi connectivity index (χ2v) is 13.3. The molecule has 0 spiro atoms. The van der Waals surface area contributed by atoms with Crippen molar-refractivity contribution in [1.82, 2.24) is 5.32 Å².